The first-order chi connectivity index (χ1) is 16.4. The van der Waals surface area contributed by atoms with Crippen molar-refractivity contribution in [3.05, 3.63) is 69.5 Å². The fourth-order valence-corrected chi connectivity index (χ4v) is 5.42. The van der Waals surface area contributed by atoms with Crippen molar-refractivity contribution in [2.75, 3.05) is 31.1 Å². The molecule has 1 aliphatic heterocycles. The molecular weight excluding hydrogens is 496 g/mol. The summed E-state index contributed by atoms with van der Waals surface area (Å²) in [5.74, 6) is 0.945. The van der Waals surface area contributed by atoms with E-state index in [9.17, 15) is 14.0 Å². The smallest absolute Gasteiger partial charge is 0.251 e. The van der Waals surface area contributed by atoms with Gasteiger partial charge in [0.15, 0.2) is 0 Å². The first kappa shape index (κ1) is 25.3. The van der Waals surface area contributed by atoms with Gasteiger partial charge < -0.3 is 15.5 Å². The highest BCUT2D eigenvalue weighted by atomic mass is 35.5. The van der Waals surface area contributed by atoms with Crippen LogP contribution in [0.15, 0.2) is 42.5 Å². The van der Waals surface area contributed by atoms with Gasteiger partial charge in [-0.25, -0.2) is 4.39 Å². The second kappa shape index (κ2) is 11.8. The maximum Gasteiger partial charge on any atom is 0.251 e. The molecule has 2 amide bonds. The average Bonchev–Trinajstić information content (AvgIpc) is 3.38. The molecule has 2 aliphatic rings. The lowest BCUT2D eigenvalue weighted by molar-refractivity contribution is -0.131. The molecule has 3 atom stereocenters. The molecule has 0 bridgehead atoms. The summed E-state index contributed by atoms with van der Waals surface area (Å²) in [6, 6.07) is 11.0. The van der Waals surface area contributed by atoms with E-state index < -0.39 is 11.9 Å². The maximum atomic E-state index is 13.2. The third kappa shape index (κ3) is 6.66. The lowest BCUT2D eigenvalue weighted by Crippen LogP contribution is -2.49. The van der Waals surface area contributed by atoms with Crippen molar-refractivity contribution < 1.29 is 14.0 Å². The molecule has 0 aromatic heterocycles. The van der Waals surface area contributed by atoms with E-state index in [1.807, 2.05) is 23.1 Å². The highest BCUT2D eigenvalue weighted by molar-refractivity contribution is 7.99. The lowest BCUT2D eigenvalue weighted by atomic mass is 10.1. The summed E-state index contributed by atoms with van der Waals surface area (Å²) in [4.78, 5) is 27.5. The molecule has 0 radical (unpaired) electrons. The average molecular weight is 524 g/mol. The molecule has 1 heterocycles. The molecule has 9 heteroatoms. The molecule has 34 heavy (non-hydrogen) atoms. The van der Waals surface area contributed by atoms with Crippen molar-refractivity contribution in [3.63, 3.8) is 0 Å². The summed E-state index contributed by atoms with van der Waals surface area (Å²) in [6.07, 6.45) is 3.04. The fourth-order valence-electron chi connectivity index (χ4n) is 4.23. The Bertz CT molecular complexity index is 1020. The number of carbonyl (C=O) groups is 2. The first-order valence-electron chi connectivity index (χ1n) is 11.5. The molecule has 182 valence electrons. The molecule has 1 saturated heterocycles. The maximum absolute atomic E-state index is 13.2. The molecular formula is C25H28Cl2FN3O2S. The quantitative estimate of drug-likeness (QED) is 0.442. The number of halogens is 3. The van der Waals surface area contributed by atoms with Gasteiger partial charge in [0.05, 0.1) is 10.0 Å². The summed E-state index contributed by atoms with van der Waals surface area (Å²) in [7, 11) is 0. The minimum atomic E-state index is -0.606. The first-order valence-corrected chi connectivity index (χ1v) is 13.4. The van der Waals surface area contributed by atoms with Crippen LogP contribution in [0.25, 0.3) is 0 Å². The zero-order valence-electron chi connectivity index (χ0n) is 18.7. The highest BCUT2D eigenvalue weighted by Crippen LogP contribution is 2.42. The SMILES string of the molecule is O=C(NC(CSCCNC1CC1c1ccc(Cl)c(Cl)c1)C(=O)N1CCCC1)c1ccc(F)cc1. The van der Waals surface area contributed by atoms with Gasteiger partial charge in [-0.15, -0.1) is 0 Å². The Labute approximate surface area is 213 Å². The summed E-state index contributed by atoms with van der Waals surface area (Å²) < 4.78 is 13.2. The summed E-state index contributed by atoms with van der Waals surface area (Å²) in [5, 5.41) is 7.56. The minimum absolute atomic E-state index is 0.0460. The van der Waals surface area contributed by atoms with Crippen molar-refractivity contribution >= 4 is 46.8 Å². The predicted molar refractivity (Wildman–Crippen MR) is 136 cm³/mol. The van der Waals surface area contributed by atoms with Crippen LogP contribution in [0, 0.1) is 5.82 Å². The van der Waals surface area contributed by atoms with E-state index in [-0.39, 0.29) is 11.8 Å². The zero-order valence-corrected chi connectivity index (χ0v) is 21.1. The van der Waals surface area contributed by atoms with Crippen molar-refractivity contribution in [2.45, 2.75) is 37.3 Å². The Hall–Kier alpha value is -1.80. The van der Waals surface area contributed by atoms with Crippen molar-refractivity contribution in [3.8, 4) is 0 Å². The van der Waals surface area contributed by atoms with Crippen LogP contribution < -0.4 is 10.6 Å². The predicted octanol–water partition coefficient (Wildman–Crippen LogP) is 4.73. The summed E-state index contributed by atoms with van der Waals surface area (Å²) in [6.45, 7) is 2.27. The van der Waals surface area contributed by atoms with Gasteiger partial charge in [-0.3, -0.25) is 9.59 Å². The Morgan fingerprint density at radius 1 is 1.09 bits per heavy atom. The number of hydrogen-bond acceptors (Lipinski definition) is 4. The van der Waals surface area contributed by atoms with Crippen LogP contribution >= 0.6 is 35.0 Å². The van der Waals surface area contributed by atoms with E-state index in [0.29, 0.717) is 33.3 Å². The van der Waals surface area contributed by atoms with E-state index in [1.54, 1.807) is 11.8 Å². The molecule has 1 aliphatic carbocycles. The number of likely N-dealkylation sites (tertiary alicyclic amines) is 1. The minimum Gasteiger partial charge on any atom is -0.341 e. The Morgan fingerprint density at radius 2 is 1.82 bits per heavy atom. The van der Waals surface area contributed by atoms with Gasteiger partial charge in [0.25, 0.3) is 5.91 Å². The third-order valence-electron chi connectivity index (χ3n) is 6.23. The molecule has 2 fully saturated rings. The van der Waals surface area contributed by atoms with Gasteiger partial charge in [-0.05, 0) is 61.2 Å². The van der Waals surface area contributed by atoms with Gasteiger partial charge in [-0.2, -0.15) is 11.8 Å². The number of nitrogens with zero attached hydrogens (tertiary/aromatic N) is 1. The highest BCUT2D eigenvalue weighted by Gasteiger charge is 2.38. The van der Waals surface area contributed by atoms with Crippen LogP contribution in [0.4, 0.5) is 4.39 Å². The third-order valence-corrected chi connectivity index (χ3v) is 8.03. The molecule has 3 unspecified atom stereocenters. The van der Waals surface area contributed by atoms with Crippen molar-refractivity contribution in [1.29, 1.82) is 0 Å². The van der Waals surface area contributed by atoms with Crippen LogP contribution in [0.3, 0.4) is 0 Å². The number of hydrogen-bond donors (Lipinski definition) is 2. The second-order valence-corrected chi connectivity index (χ2v) is 10.7. The summed E-state index contributed by atoms with van der Waals surface area (Å²) in [5.41, 5.74) is 1.54. The van der Waals surface area contributed by atoms with Crippen LogP contribution in [-0.4, -0.2) is 59.9 Å². The Kier molecular flexibility index (Phi) is 8.75. The molecule has 2 aromatic carbocycles. The van der Waals surface area contributed by atoms with Gasteiger partial charge >= 0.3 is 0 Å². The molecule has 2 aromatic rings. The number of thioether (sulfide) groups is 1. The topological polar surface area (TPSA) is 61.4 Å². The van der Waals surface area contributed by atoms with E-state index in [0.717, 1.165) is 44.6 Å². The molecule has 5 nitrogen and oxygen atoms in total. The van der Waals surface area contributed by atoms with Crippen LogP contribution in [0.2, 0.25) is 10.0 Å². The lowest BCUT2D eigenvalue weighted by Gasteiger charge is -2.24. The molecule has 1 saturated carbocycles. The van der Waals surface area contributed by atoms with Crippen LogP contribution in [0.5, 0.6) is 0 Å². The van der Waals surface area contributed by atoms with Crippen LogP contribution in [0.1, 0.15) is 41.1 Å². The molecule has 0 spiro atoms. The Morgan fingerprint density at radius 3 is 2.53 bits per heavy atom. The monoisotopic (exact) mass is 523 g/mol. The standard InChI is InChI=1S/C25H28Cl2FN3O2S/c26-20-8-5-17(13-21(20)27)19-14-22(19)29-9-12-34-15-23(25(33)31-10-1-2-11-31)30-24(32)16-3-6-18(28)7-4-16/h3-8,13,19,22-23,29H,1-2,9-12,14-15H2,(H,30,32). The van der Waals surface area contributed by atoms with E-state index in [2.05, 4.69) is 10.6 Å². The van der Waals surface area contributed by atoms with Crippen LogP contribution in [-0.2, 0) is 4.79 Å². The fraction of sp³-hybridized carbons (Fsp3) is 0.440. The van der Waals surface area contributed by atoms with Crippen molar-refractivity contribution in [2.24, 2.45) is 0 Å². The van der Waals surface area contributed by atoms with E-state index in [4.69, 9.17) is 23.2 Å². The largest absolute Gasteiger partial charge is 0.341 e. The zero-order chi connectivity index (χ0) is 24.1. The van der Waals surface area contributed by atoms with Gasteiger partial charge in [-0.1, -0.05) is 29.3 Å². The van der Waals surface area contributed by atoms with Gasteiger partial charge in [0.2, 0.25) is 5.91 Å². The van der Waals surface area contributed by atoms with Gasteiger partial charge in [0.1, 0.15) is 11.9 Å². The van der Waals surface area contributed by atoms with E-state index in [1.165, 1.54) is 29.8 Å². The number of carbonyl (C=O) groups excluding carboxylic acids is 2. The summed E-state index contributed by atoms with van der Waals surface area (Å²) >= 11 is 13.8. The molecule has 2 N–H and O–H groups in total. The van der Waals surface area contributed by atoms with Crippen molar-refractivity contribution in [1.82, 2.24) is 15.5 Å². The number of rotatable bonds is 10. The molecule has 4 rings (SSSR count). The number of amides is 2. The van der Waals surface area contributed by atoms with Gasteiger partial charge in [0, 0.05) is 48.7 Å². The normalized spacial score (nSPS) is 20.3. The second-order valence-electron chi connectivity index (χ2n) is 8.72. The Balaban J connectivity index is 1.24. The number of benzene rings is 2. The van der Waals surface area contributed by atoms with E-state index >= 15 is 0 Å². The number of nitrogens with one attached hydrogen (secondary N) is 2.